The first-order chi connectivity index (χ1) is 10.9. The quantitative estimate of drug-likeness (QED) is 0.563. The molecule has 4 aromatic rings. The van der Waals surface area contributed by atoms with Gasteiger partial charge in [-0.25, -0.2) is 4.68 Å². The lowest BCUT2D eigenvalue weighted by molar-refractivity contribution is 0.582. The van der Waals surface area contributed by atoms with Gasteiger partial charge in [0.2, 0.25) is 0 Å². The van der Waals surface area contributed by atoms with Gasteiger partial charge in [0.15, 0.2) is 5.82 Å². The summed E-state index contributed by atoms with van der Waals surface area (Å²) in [7, 11) is 0. The van der Waals surface area contributed by atoms with Gasteiger partial charge in [0, 0.05) is 17.8 Å². The maximum Gasteiger partial charge on any atom is 0.159 e. The predicted octanol–water partition coefficient (Wildman–Crippen LogP) is 2.58. The molecule has 0 saturated carbocycles. The van der Waals surface area contributed by atoms with Gasteiger partial charge in [0.25, 0.3) is 0 Å². The first-order valence-electron chi connectivity index (χ1n) is 6.74. The highest BCUT2D eigenvalue weighted by atomic mass is 32.1. The molecule has 0 aliphatic heterocycles. The van der Waals surface area contributed by atoms with Crippen molar-refractivity contribution >= 4 is 34.1 Å². The average molecular weight is 327 g/mol. The normalized spacial score (nSPS) is 11.3. The van der Waals surface area contributed by atoms with Crippen molar-refractivity contribution in [3.63, 3.8) is 0 Å². The number of aromatic nitrogens is 6. The van der Waals surface area contributed by atoms with Gasteiger partial charge in [0.05, 0.1) is 18.1 Å². The van der Waals surface area contributed by atoms with Crippen LogP contribution in [0, 0.1) is 6.42 Å². The molecular weight excluding hydrogens is 316 g/mol. The first-order valence-corrected chi connectivity index (χ1v) is 8.35. The third kappa shape index (κ3) is 2.75. The van der Waals surface area contributed by atoms with Crippen LogP contribution < -0.4 is 0 Å². The van der Waals surface area contributed by atoms with Crippen molar-refractivity contribution in [3.8, 4) is 0 Å². The zero-order valence-corrected chi connectivity index (χ0v) is 13.1. The fraction of sp³-hybridized carbons (Fsp3) is 0.143. The van der Waals surface area contributed by atoms with E-state index in [9.17, 15) is 0 Å². The molecule has 1 aromatic carbocycles. The monoisotopic (exact) mass is 327 g/mol. The molecule has 0 atom stereocenters. The van der Waals surface area contributed by atoms with Crippen LogP contribution in [-0.4, -0.2) is 29.0 Å². The summed E-state index contributed by atoms with van der Waals surface area (Å²) in [5.74, 6) is 0.749. The lowest BCUT2D eigenvalue weighted by atomic mass is 10.1. The van der Waals surface area contributed by atoms with Crippen molar-refractivity contribution in [2.75, 3.05) is 0 Å². The van der Waals surface area contributed by atoms with E-state index < -0.39 is 0 Å². The molecule has 8 heteroatoms. The van der Waals surface area contributed by atoms with Crippen LogP contribution >= 0.6 is 23.1 Å². The number of aryl methyl sites for hydroxylation is 2. The SMILES string of the molecule is [CH](c1ccc2nsnc2c1)c1nnnn1CCc1cccs1. The summed E-state index contributed by atoms with van der Waals surface area (Å²) >= 11 is 2.97. The largest absolute Gasteiger partial charge is 0.229 e. The van der Waals surface area contributed by atoms with Crippen LogP contribution in [0.3, 0.4) is 0 Å². The Hall–Kier alpha value is -2.19. The molecule has 0 amide bonds. The standard InChI is InChI=1S/C14H11N6S2/c1-2-11(21-7-1)5-6-20-14(15-18-19-20)9-10-3-4-12-13(8-10)17-22-16-12/h1-4,7-9H,5-6H2. The van der Waals surface area contributed by atoms with E-state index in [0.717, 1.165) is 35.4 Å². The van der Waals surface area contributed by atoms with E-state index in [1.165, 1.54) is 16.6 Å². The molecule has 0 aliphatic carbocycles. The van der Waals surface area contributed by atoms with Gasteiger partial charge in [-0.2, -0.15) is 8.75 Å². The molecule has 0 spiro atoms. The molecule has 3 heterocycles. The maximum absolute atomic E-state index is 4.25. The van der Waals surface area contributed by atoms with Crippen molar-refractivity contribution in [2.24, 2.45) is 0 Å². The van der Waals surface area contributed by atoms with Crippen molar-refractivity contribution in [3.05, 3.63) is 58.4 Å². The Balaban J connectivity index is 1.51. The summed E-state index contributed by atoms with van der Waals surface area (Å²) in [4.78, 5) is 1.33. The summed E-state index contributed by atoms with van der Waals surface area (Å²) in [5.41, 5.74) is 2.84. The van der Waals surface area contributed by atoms with E-state index >= 15 is 0 Å². The third-order valence-corrected chi connectivity index (χ3v) is 4.78. The Labute approximate surface area is 134 Å². The molecule has 1 radical (unpaired) electrons. The molecule has 0 bridgehead atoms. The van der Waals surface area contributed by atoms with E-state index in [1.54, 1.807) is 11.3 Å². The van der Waals surface area contributed by atoms with Crippen molar-refractivity contribution in [1.82, 2.24) is 29.0 Å². The average Bonchev–Trinajstić information content (AvgIpc) is 3.27. The van der Waals surface area contributed by atoms with Gasteiger partial charge in [-0.05, 0) is 39.6 Å². The van der Waals surface area contributed by atoms with Crippen LogP contribution in [0.1, 0.15) is 16.3 Å². The number of nitrogens with zero attached hydrogens (tertiary/aromatic N) is 6. The van der Waals surface area contributed by atoms with Crippen LogP contribution in [0.4, 0.5) is 0 Å². The van der Waals surface area contributed by atoms with Crippen LogP contribution in [0.2, 0.25) is 0 Å². The molecule has 0 aliphatic rings. The zero-order chi connectivity index (χ0) is 14.8. The molecule has 22 heavy (non-hydrogen) atoms. The second kappa shape index (κ2) is 5.90. The van der Waals surface area contributed by atoms with Crippen molar-refractivity contribution < 1.29 is 0 Å². The summed E-state index contributed by atoms with van der Waals surface area (Å²) in [6.07, 6.45) is 2.89. The fourth-order valence-corrected chi connectivity index (χ4v) is 3.40. The number of hydrogen-bond donors (Lipinski definition) is 0. The molecular formula is C14H11N6S2. The number of thiophene rings is 1. The van der Waals surface area contributed by atoms with Gasteiger partial charge in [-0.15, -0.1) is 16.4 Å². The molecule has 0 N–H and O–H groups in total. The minimum absolute atomic E-state index is 0.749. The van der Waals surface area contributed by atoms with Crippen LogP contribution in [-0.2, 0) is 13.0 Å². The van der Waals surface area contributed by atoms with Gasteiger partial charge in [0.1, 0.15) is 11.0 Å². The zero-order valence-electron chi connectivity index (χ0n) is 11.5. The molecule has 0 saturated heterocycles. The van der Waals surface area contributed by atoms with E-state index in [0.29, 0.717) is 0 Å². The Morgan fingerprint density at radius 1 is 1.14 bits per heavy atom. The fourth-order valence-electron chi connectivity index (χ4n) is 2.18. The summed E-state index contributed by atoms with van der Waals surface area (Å²) in [5, 5.41) is 14.0. The number of tetrazole rings is 1. The topological polar surface area (TPSA) is 69.4 Å². The first kappa shape index (κ1) is 13.5. The number of fused-ring (bicyclic) bond motifs is 1. The highest BCUT2D eigenvalue weighted by Gasteiger charge is 2.09. The Bertz CT molecular complexity index is 880. The Morgan fingerprint density at radius 3 is 3.00 bits per heavy atom. The highest BCUT2D eigenvalue weighted by Crippen LogP contribution is 2.17. The summed E-state index contributed by atoms with van der Waals surface area (Å²) < 4.78 is 10.3. The number of benzene rings is 1. The van der Waals surface area contributed by atoms with Crippen LogP contribution in [0.25, 0.3) is 11.0 Å². The van der Waals surface area contributed by atoms with Crippen LogP contribution in [0.15, 0.2) is 35.7 Å². The van der Waals surface area contributed by atoms with Crippen molar-refractivity contribution in [1.29, 1.82) is 0 Å². The lowest BCUT2D eigenvalue weighted by Crippen LogP contribution is -2.07. The summed E-state index contributed by atoms with van der Waals surface area (Å²) in [6.45, 7) is 0.764. The molecule has 0 fully saturated rings. The van der Waals surface area contributed by atoms with Gasteiger partial charge in [-0.3, -0.25) is 0 Å². The minimum Gasteiger partial charge on any atom is -0.229 e. The highest BCUT2D eigenvalue weighted by molar-refractivity contribution is 7.09. The molecule has 4 rings (SSSR count). The van der Waals surface area contributed by atoms with E-state index in [1.807, 2.05) is 29.3 Å². The summed E-state index contributed by atoms with van der Waals surface area (Å²) in [6, 6.07) is 10.1. The minimum atomic E-state index is 0.749. The molecule has 0 unspecified atom stereocenters. The lowest BCUT2D eigenvalue weighted by Gasteiger charge is -2.03. The Kier molecular flexibility index (Phi) is 3.61. The third-order valence-electron chi connectivity index (χ3n) is 3.28. The maximum atomic E-state index is 4.25. The molecule has 109 valence electrons. The van der Waals surface area contributed by atoms with Gasteiger partial charge in [-0.1, -0.05) is 12.1 Å². The predicted molar refractivity (Wildman–Crippen MR) is 85.8 cm³/mol. The van der Waals surface area contributed by atoms with E-state index in [2.05, 4.69) is 41.8 Å². The van der Waals surface area contributed by atoms with Crippen LogP contribution in [0.5, 0.6) is 0 Å². The van der Waals surface area contributed by atoms with E-state index in [-0.39, 0.29) is 0 Å². The number of hydrogen-bond acceptors (Lipinski definition) is 7. The smallest absolute Gasteiger partial charge is 0.159 e. The molecule has 3 aromatic heterocycles. The number of rotatable bonds is 5. The van der Waals surface area contributed by atoms with E-state index in [4.69, 9.17) is 0 Å². The van der Waals surface area contributed by atoms with Crippen molar-refractivity contribution in [2.45, 2.75) is 13.0 Å². The Morgan fingerprint density at radius 2 is 2.09 bits per heavy atom. The second-order valence-electron chi connectivity index (χ2n) is 4.75. The van der Waals surface area contributed by atoms with Gasteiger partial charge >= 0.3 is 0 Å². The second-order valence-corrected chi connectivity index (χ2v) is 6.31. The van der Waals surface area contributed by atoms with Gasteiger partial charge < -0.3 is 0 Å². The molecule has 6 nitrogen and oxygen atoms in total.